The Bertz CT molecular complexity index is 485. The largest absolute Gasteiger partial charge is 0.389 e. The highest BCUT2D eigenvalue weighted by Gasteiger charge is 2.05. The molecule has 0 saturated heterocycles. The highest BCUT2D eigenvalue weighted by Crippen LogP contribution is 2.12. The van der Waals surface area contributed by atoms with Crippen molar-refractivity contribution in [2.24, 2.45) is 0 Å². The van der Waals surface area contributed by atoms with Gasteiger partial charge in [0.25, 0.3) is 0 Å². The number of aliphatic hydroxyl groups excluding tert-OH is 1. The summed E-state index contributed by atoms with van der Waals surface area (Å²) >= 11 is 3.34. The van der Waals surface area contributed by atoms with E-state index in [1.807, 2.05) is 12.4 Å². The molecule has 1 unspecified atom stereocenters. The second kappa shape index (κ2) is 8.49. The summed E-state index contributed by atoms with van der Waals surface area (Å²) in [6.45, 7) is 4.35. The number of thiophene rings is 1. The number of aliphatic hydroxyl groups is 1. The molecule has 2 aromatic heterocycles. The summed E-state index contributed by atoms with van der Waals surface area (Å²) in [4.78, 5) is 5.46. The van der Waals surface area contributed by atoms with Gasteiger partial charge in [-0.3, -0.25) is 0 Å². The monoisotopic (exact) mass is 312 g/mol. The molecule has 2 rings (SSSR count). The van der Waals surface area contributed by atoms with E-state index in [9.17, 15) is 5.11 Å². The lowest BCUT2D eigenvalue weighted by Crippen LogP contribution is -2.30. The molecular formula is C14H20N2O2S2. The number of hydrogen-bond acceptors (Lipinski definition) is 6. The molecule has 110 valence electrons. The van der Waals surface area contributed by atoms with Gasteiger partial charge in [0, 0.05) is 24.4 Å². The number of rotatable bonds is 9. The van der Waals surface area contributed by atoms with Crippen molar-refractivity contribution < 1.29 is 9.84 Å². The normalized spacial score (nSPS) is 12.7. The van der Waals surface area contributed by atoms with Gasteiger partial charge >= 0.3 is 0 Å². The molecule has 2 aromatic rings. The fourth-order valence-corrected chi connectivity index (χ4v) is 3.22. The lowest BCUT2D eigenvalue weighted by Gasteiger charge is -2.12. The summed E-state index contributed by atoms with van der Waals surface area (Å²) < 4.78 is 5.50. The number of thiazole rings is 1. The minimum atomic E-state index is -0.462. The van der Waals surface area contributed by atoms with Crippen LogP contribution in [0.3, 0.4) is 0 Å². The highest BCUT2D eigenvalue weighted by atomic mass is 32.1. The summed E-state index contributed by atoms with van der Waals surface area (Å²) in [5, 5.41) is 17.2. The van der Waals surface area contributed by atoms with Crippen LogP contribution >= 0.6 is 22.7 Å². The van der Waals surface area contributed by atoms with E-state index in [1.54, 1.807) is 22.7 Å². The summed E-state index contributed by atoms with van der Waals surface area (Å²) in [5.41, 5.74) is 4.19. The average Bonchev–Trinajstić information content (AvgIpc) is 3.07. The Morgan fingerprint density at radius 2 is 2.40 bits per heavy atom. The quantitative estimate of drug-likeness (QED) is 0.697. The fourth-order valence-electron chi connectivity index (χ4n) is 1.79. The Balaban J connectivity index is 1.52. The molecule has 0 aliphatic carbocycles. The third-order valence-corrected chi connectivity index (χ3v) is 4.64. The molecule has 0 spiro atoms. The molecule has 0 saturated carbocycles. The summed E-state index contributed by atoms with van der Waals surface area (Å²) in [7, 11) is 0. The minimum absolute atomic E-state index is 0.370. The van der Waals surface area contributed by atoms with Crippen molar-refractivity contribution in [2.75, 3.05) is 19.8 Å². The van der Waals surface area contributed by atoms with E-state index in [2.05, 4.69) is 27.1 Å². The number of aromatic nitrogens is 1. The zero-order valence-electron chi connectivity index (χ0n) is 11.5. The first-order chi connectivity index (χ1) is 9.75. The number of nitrogens with one attached hydrogen (secondary N) is 1. The van der Waals surface area contributed by atoms with E-state index in [0.717, 1.165) is 18.7 Å². The first-order valence-electron chi connectivity index (χ1n) is 6.62. The van der Waals surface area contributed by atoms with Gasteiger partial charge in [0.05, 0.1) is 30.5 Å². The molecular weight excluding hydrogens is 292 g/mol. The van der Waals surface area contributed by atoms with Crippen LogP contribution in [0.25, 0.3) is 0 Å². The van der Waals surface area contributed by atoms with Crippen LogP contribution in [0.2, 0.25) is 0 Å². The van der Waals surface area contributed by atoms with Crippen LogP contribution in [0.15, 0.2) is 22.3 Å². The van der Waals surface area contributed by atoms with Crippen molar-refractivity contribution in [3.63, 3.8) is 0 Å². The van der Waals surface area contributed by atoms with Gasteiger partial charge in [-0.05, 0) is 29.3 Å². The Morgan fingerprint density at radius 1 is 1.50 bits per heavy atom. The van der Waals surface area contributed by atoms with E-state index in [1.165, 1.54) is 10.4 Å². The predicted molar refractivity (Wildman–Crippen MR) is 83.4 cm³/mol. The number of aryl methyl sites for hydroxylation is 1. The van der Waals surface area contributed by atoms with Crippen molar-refractivity contribution in [3.8, 4) is 0 Å². The predicted octanol–water partition coefficient (Wildman–Crippen LogP) is 2.22. The van der Waals surface area contributed by atoms with Crippen molar-refractivity contribution in [1.29, 1.82) is 0 Å². The van der Waals surface area contributed by atoms with Crippen LogP contribution in [-0.2, 0) is 17.7 Å². The SMILES string of the molecule is Cc1ncsc1CCOCC(O)CNCc1ccsc1. The maximum atomic E-state index is 9.79. The van der Waals surface area contributed by atoms with Crippen molar-refractivity contribution >= 4 is 22.7 Å². The standard InChI is InChI=1S/C14H20N2O2S2/c1-11-14(20-10-16-11)2-4-18-8-13(17)7-15-6-12-3-5-19-9-12/h3,5,9-10,13,15,17H,2,4,6-8H2,1H3. The maximum absolute atomic E-state index is 9.79. The Labute approximate surface area is 127 Å². The van der Waals surface area contributed by atoms with Gasteiger partial charge in [-0.15, -0.1) is 11.3 Å². The third-order valence-electron chi connectivity index (χ3n) is 2.92. The molecule has 2 heterocycles. The van der Waals surface area contributed by atoms with Gasteiger partial charge in [0.1, 0.15) is 0 Å². The number of ether oxygens (including phenoxy) is 1. The molecule has 20 heavy (non-hydrogen) atoms. The highest BCUT2D eigenvalue weighted by molar-refractivity contribution is 7.09. The lowest BCUT2D eigenvalue weighted by molar-refractivity contribution is 0.0383. The van der Waals surface area contributed by atoms with Crippen LogP contribution in [0.1, 0.15) is 16.1 Å². The number of hydrogen-bond donors (Lipinski definition) is 2. The van der Waals surface area contributed by atoms with Crippen LogP contribution in [-0.4, -0.2) is 36.0 Å². The van der Waals surface area contributed by atoms with Crippen molar-refractivity contribution in [1.82, 2.24) is 10.3 Å². The Morgan fingerprint density at radius 3 is 3.10 bits per heavy atom. The lowest BCUT2D eigenvalue weighted by atomic mass is 10.3. The Kier molecular flexibility index (Phi) is 6.62. The van der Waals surface area contributed by atoms with Gasteiger partial charge in [0.2, 0.25) is 0 Å². The summed E-state index contributed by atoms with van der Waals surface area (Å²) in [6.07, 6.45) is 0.405. The molecule has 0 aliphatic heterocycles. The van der Waals surface area contributed by atoms with Gasteiger partial charge in [-0.1, -0.05) is 0 Å². The average molecular weight is 312 g/mol. The first-order valence-corrected chi connectivity index (χ1v) is 8.44. The van der Waals surface area contributed by atoms with E-state index in [-0.39, 0.29) is 0 Å². The smallest absolute Gasteiger partial charge is 0.0897 e. The Hall–Kier alpha value is -0.790. The topological polar surface area (TPSA) is 54.4 Å². The van der Waals surface area contributed by atoms with Gasteiger partial charge in [-0.25, -0.2) is 4.98 Å². The molecule has 2 N–H and O–H groups in total. The molecule has 4 nitrogen and oxygen atoms in total. The zero-order chi connectivity index (χ0) is 14.2. The molecule has 0 amide bonds. The molecule has 0 aromatic carbocycles. The summed E-state index contributed by atoms with van der Waals surface area (Å²) in [6, 6.07) is 2.08. The second-order valence-corrected chi connectivity index (χ2v) is 6.32. The van der Waals surface area contributed by atoms with E-state index < -0.39 is 6.10 Å². The number of nitrogens with zero attached hydrogens (tertiary/aromatic N) is 1. The van der Waals surface area contributed by atoms with Crippen molar-refractivity contribution in [2.45, 2.75) is 26.0 Å². The van der Waals surface area contributed by atoms with Crippen LogP contribution < -0.4 is 5.32 Å². The van der Waals surface area contributed by atoms with Gasteiger partial charge in [0.15, 0.2) is 0 Å². The van der Waals surface area contributed by atoms with Crippen LogP contribution in [0.5, 0.6) is 0 Å². The molecule has 1 atom stereocenters. The maximum Gasteiger partial charge on any atom is 0.0897 e. The fraction of sp³-hybridized carbons (Fsp3) is 0.500. The van der Waals surface area contributed by atoms with E-state index >= 15 is 0 Å². The van der Waals surface area contributed by atoms with Crippen molar-refractivity contribution in [3.05, 3.63) is 38.5 Å². The van der Waals surface area contributed by atoms with Crippen LogP contribution in [0.4, 0.5) is 0 Å². The zero-order valence-corrected chi connectivity index (χ0v) is 13.2. The molecule has 0 aliphatic rings. The third kappa shape index (κ3) is 5.30. The molecule has 0 bridgehead atoms. The minimum Gasteiger partial charge on any atom is -0.389 e. The van der Waals surface area contributed by atoms with E-state index in [4.69, 9.17) is 4.74 Å². The first kappa shape index (κ1) is 15.6. The molecule has 0 fully saturated rings. The second-order valence-electron chi connectivity index (χ2n) is 4.60. The van der Waals surface area contributed by atoms with Gasteiger partial charge < -0.3 is 15.2 Å². The summed E-state index contributed by atoms with van der Waals surface area (Å²) in [5.74, 6) is 0. The molecule has 6 heteroatoms. The van der Waals surface area contributed by atoms with Gasteiger partial charge in [-0.2, -0.15) is 11.3 Å². The van der Waals surface area contributed by atoms with E-state index in [0.29, 0.717) is 19.8 Å². The molecule has 0 radical (unpaired) electrons. The van der Waals surface area contributed by atoms with Crippen LogP contribution in [0, 0.1) is 6.92 Å².